The van der Waals surface area contributed by atoms with Crippen LogP contribution in [0.3, 0.4) is 0 Å². The lowest BCUT2D eigenvalue weighted by atomic mass is 10.5. The van der Waals surface area contributed by atoms with Gasteiger partial charge in [-0.2, -0.15) is 0 Å². The number of anilines is 2. The van der Waals surface area contributed by atoms with Crippen LogP contribution in [0.1, 0.15) is 0 Å². The molecule has 12 heavy (non-hydrogen) atoms. The zero-order valence-electron chi connectivity index (χ0n) is 6.42. The Morgan fingerprint density at radius 1 is 1.58 bits per heavy atom. The van der Waals surface area contributed by atoms with Crippen LogP contribution in [0.5, 0.6) is 0 Å². The van der Waals surface area contributed by atoms with Crippen molar-refractivity contribution >= 4 is 27.6 Å². The third-order valence-corrected chi connectivity index (χ3v) is 1.45. The van der Waals surface area contributed by atoms with Crippen molar-refractivity contribution in [2.75, 3.05) is 17.6 Å². The Morgan fingerprint density at radius 3 is 2.83 bits per heavy atom. The Labute approximate surface area is 79.0 Å². The highest BCUT2D eigenvalue weighted by atomic mass is 79.9. The van der Waals surface area contributed by atoms with Crippen LogP contribution < -0.4 is 11.1 Å². The molecule has 0 radical (unpaired) electrons. The molecule has 3 N–H and O–H groups in total. The molecular formula is C7H9BrN4. The van der Waals surface area contributed by atoms with E-state index in [1.54, 1.807) is 12.4 Å². The van der Waals surface area contributed by atoms with E-state index in [0.717, 1.165) is 4.48 Å². The molecule has 1 rings (SSSR count). The smallest absolute Gasteiger partial charge is 0.169 e. The van der Waals surface area contributed by atoms with E-state index in [1.165, 1.54) is 0 Å². The average Bonchev–Trinajstić information content (AvgIpc) is 2.03. The molecule has 0 bridgehead atoms. The van der Waals surface area contributed by atoms with Gasteiger partial charge in [0.15, 0.2) is 11.6 Å². The van der Waals surface area contributed by atoms with Gasteiger partial charge in [-0.25, -0.2) is 9.97 Å². The zero-order chi connectivity index (χ0) is 8.97. The number of nitrogens with one attached hydrogen (secondary N) is 1. The summed E-state index contributed by atoms with van der Waals surface area (Å²) in [6.07, 6.45) is 3.12. The molecule has 4 nitrogen and oxygen atoms in total. The highest BCUT2D eigenvalue weighted by Gasteiger charge is 1.98. The van der Waals surface area contributed by atoms with Gasteiger partial charge in [0.05, 0.1) is 0 Å². The summed E-state index contributed by atoms with van der Waals surface area (Å²) >= 11 is 3.21. The maximum absolute atomic E-state index is 5.53. The first-order chi connectivity index (χ1) is 5.70. The number of nitrogens with two attached hydrogens (primary N) is 1. The summed E-state index contributed by atoms with van der Waals surface area (Å²) in [5.41, 5.74) is 5.53. The van der Waals surface area contributed by atoms with Gasteiger partial charge in [0.2, 0.25) is 0 Å². The van der Waals surface area contributed by atoms with Gasteiger partial charge < -0.3 is 11.1 Å². The standard InChI is InChI=1S/C7H9BrN4/c1-5(8)4-12-7-6(9)10-2-3-11-7/h2-3H,1,4H2,(H2,9,10)(H,11,12). The van der Waals surface area contributed by atoms with E-state index in [0.29, 0.717) is 18.2 Å². The van der Waals surface area contributed by atoms with Crippen molar-refractivity contribution in [3.05, 3.63) is 23.5 Å². The Kier molecular flexibility index (Phi) is 3.04. The Hall–Kier alpha value is -1.10. The van der Waals surface area contributed by atoms with E-state index < -0.39 is 0 Å². The lowest BCUT2D eigenvalue weighted by Gasteiger charge is -2.04. The molecule has 0 fully saturated rings. The highest BCUT2D eigenvalue weighted by molar-refractivity contribution is 9.11. The second kappa shape index (κ2) is 4.06. The second-order valence-corrected chi connectivity index (χ2v) is 3.28. The van der Waals surface area contributed by atoms with Crippen molar-refractivity contribution < 1.29 is 0 Å². The number of rotatable bonds is 3. The van der Waals surface area contributed by atoms with Gasteiger partial charge in [-0.1, -0.05) is 22.5 Å². The summed E-state index contributed by atoms with van der Waals surface area (Å²) in [7, 11) is 0. The van der Waals surface area contributed by atoms with Gasteiger partial charge >= 0.3 is 0 Å². The maximum Gasteiger partial charge on any atom is 0.169 e. The minimum atomic E-state index is 0.395. The van der Waals surface area contributed by atoms with Crippen LogP contribution >= 0.6 is 15.9 Å². The van der Waals surface area contributed by atoms with Gasteiger partial charge in [-0.05, 0) is 0 Å². The van der Waals surface area contributed by atoms with E-state index in [1.807, 2.05) is 0 Å². The molecule has 64 valence electrons. The van der Waals surface area contributed by atoms with Gasteiger partial charge in [0, 0.05) is 23.4 Å². The van der Waals surface area contributed by atoms with Gasteiger partial charge in [0.1, 0.15) is 0 Å². The predicted molar refractivity (Wildman–Crippen MR) is 53.0 cm³/mol. The molecule has 0 atom stereocenters. The number of aromatic nitrogens is 2. The lowest BCUT2D eigenvalue weighted by Crippen LogP contribution is -2.06. The van der Waals surface area contributed by atoms with E-state index in [9.17, 15) is 0 Å². The van der Waals surface area contributed by atoms with Gasteiger partial charge in [-0.3, -0.25) is 0 Å². The molecule has 0 aromatic carbocycles. The van der Waals surface area contributed by atoms with Gasteiger partial charge in [0.25, 0.3) is 0 Å². The van der Waals surface area contributed by atoms with Crippen LogP contribution in [0.15, 0.2) is 23.5 Å². The first-order valence-electron chi connectivity index (χ1n) is 3.34. The summed E-state index contributed by atoms with van der Waals surface area (Å²) in [5, 5.41) is 2.97. The number of hydrogen-bond acceptors (Lipinski definition) is 4. The van der Waals surface area contributed by atoms with Crippen molar-refractivity contribution in [3.8, 4) is 0 Å². The highest BCUT2D eigenvalue weighted by Crippen LogP contribution is 2.10. The Morgan fingerprint density at radius 2 is 2.25 bits per heavy atom. The largest absolute Gasteiger partial charge is 0.381 e. The average molecular weight is 229 g/mol. The maximum atomic E-state index is 5.53. The summed E-state index contributed by atoms with van der Waals surface area (Å²) in [5.74, 6) is 0.976. The lowest BCUT2D eigenvalue weighted by molar-refractivity contribution is 1.17. The number of hydrogen-bond donors (Lipinski definition) is 2. The Balaban J connectivity index is 2.63. The fourth-order valence-corrected chi connectivity index (χ4v) is 0.805. The SMILES string of the molecule is C=C(Br)CNc1nccnc1N. The molecule has 1 heterocycles. The molecule has 0 unspecified atom stereocenters. The van der Waals surface area contributed by atoms with Gasteiger partial charge in [-0.15, -0.1) is 0 Å². The van der Waals surface area contributed by atoms with E-state index >= 15 is 0 Å². The fraction of sp³-hybridized carbons (Fsp3) is 0.143. The van der Waals surface area contributed by atoms with Crippen LogP contribution in [0.2, 0.25) is 0 Å². The Bertz CT molecular complexity index is 286. The minimum absolute atomic E-state index is 0.395. The topological polar surface area (TPSA) is 63.8 Å². The molecule has 1 aromatic rings. The minimum Gasteiger partial charge on any atom is -0.381 e. The third kappa shape index (κ3) is 2.50. The first kappa shape index (κ1) is 8.99. The molecular weight excluding hydrogens is 220 g/mol. The van der Waals surface area contributed by atoms with E-state index in [-0.39, 0.29) is 0 Å². The summed E-state index contributed by atoms with van der Waals surface area (Å²) in [4.78, 5) is 7.85. The number of nitrogen functional groups attached to an aromatic ring is 1. The van der Waals surface area contributed by atoms with Crippen LogP contribution in [-0.2, 0) is 0 Å². The predicted octanol–water partition coefficient (Wildman–Crippen LogP) is 1.38. The first-order valence-corrected chi connectivity index (χ1v) is 4.13. The van der Waals surface area contributed by atoms with Crippen LogP contribution in [0.25, 0.3) is 0 Å². The van der Waals surface area contributed by atoms with Crippen molar-refractivity contribution in [1.82, 2.24) is 9.97 Å². The molecule has 0 spiro atoms. The summed E-state index contributed by atoms with van der Waals surface area (Å²) in [6, 6.07) is 0. The van der Waals surface area contributed by atoms with Crippen LogP contribution in [0.4, 0.5) is 11.6 Å². The normalized spacial score (nSPS) is 9.42. The zero-order valence-corrected chi connectivity index (χ0v) is 8.00. The molecule has 0 aliphatic carbocycles. The van der Waals surface area contributed by atoms with Crippen LogP contribution in [0, 0.1) is 0 Å². The summed E-state index contributed by atoms with van der Waals surface area (Å²) < 4.78 is 0.840. The third-order valence-electron chi connectivity index (χ3n) is 1.17. The molecule has 0 aliphatic rings. The van der Waals surface area contributed by atoms with E-state index in [4.69, 9.17) is 5.73 Å². The van der Waals surface area contributed by atoms with Crippen molar-refractivity contribution in [3.63, 3.8) is 0 Å². The van der Waals surface area contributed by atoms with Crippen LogP contribution in [-0.4, -0.2) is 16.5 Å². The second-order valence-electron chi connectivity index (χ2n) is 2.16. The number of nitrogens with zero attached hydrogens (tertiary/aromatic N) is 2. The summed E-state index contributed by atoms with van der Waals surface area (Å²) in [6.45, 7) is 4.25. The van der Waals surface area contributed by atoms with E-state index in [2.05, 4.69) is 37.8 Å². The molecule has 0 saturated heterocycles. The van der Waals surface area contributed by atoms with Crippen molar-refractivity contribution in [2.24, 2.45) is 0 Å². The molecule has 0 saturated carbocycles. The van der Waals surface area contributed by atoms with Crippen molar-refractivity contribution in [2.45, 2.75) is 0 Å². The molecule has 1 aromatic heterocycles. The molecule has 0 aliphatic heterocycles. The fourth-order valence-electron chi connectivity index (χ4n) is 0.665. The number of halogens is 1. The van der Waals surface area contributed by atoms with Crippen molar-refractivity contribution in [1.29, 1.82) is 0 Å². The molecule has 5 heteroatoms. The quantitative estimate of drug-likeness (QED) is 0.821. The molecule has 0 amide bonds. The monoisotopic (exact) mass is 228 g/mol.